The molecule has 0 aliphatic heterocycles. The van der Waals surface area contributed by atoms with E-state index >= 15 is 0 Å². The first-order valence-electron chi connectivity index (χ1n) is 10.6. The van der Waals surface area contributed by atoms with Crippen molar-refractivity contribution in [3.05, 3.63) is 71.3 Å². The fraction of sp³-hybridized carbons (Fsp3) is 0.458. The van der Waals surface area contributed by atoms with E-state index in [4.69, 9.17) is 4.74 Å². The zero-order valence-electron chi connectivity index (χ0n) is 18.6. The molecule has 0 bridgehead atoms. The van der Waals surface area contributed by atoms with Crippen molar-refractivity contribution in [1.82, 2.24) is 10.6 Å². The molecule has 2 rings (SSSR count). The fourth-order valence-corrected chi connectivity index (χ4v) is 3.33. The molecule has 0 fully saturated rings. The second-order valence-electron chi connectivity index (χ2n) is 8.69. The van der Waals surface area contributed by atoms with Crippen LogP contribution in [-0.4, -0.2) is 47.2 Å². The molecule has 8 heteroatoms. The topological polar surface area (TPSA) is 90.8 Å². The van der Waals surface area contributed by atoms with Crippen molar-refractivity contribution in [2.75, 3.05) is 13.2 Å². The lowest BCUT2D eigenvalue weighted by Crippen LogP contribution is -2.50. The molecule has 1 amide bonds. The van der Waals surface area contributed by atoms with Crippen LogP contribution >= 0.6 is 0 Å². The fourth-order valence-electron chi connectivity index (χ4n) is 3.33. The molecular formula is C24H32F2N2O4. The zero-order chi connectivity index (χ0) is 23.7. The quantitative estimate of drug-likeness (QED) is 0.445. The maximum absolute atomic E-state index is 13.6. The SMILES string of the molecule is CC(C)(C)OC(=O)NC(Cc1cc(F)cc(F)c1)C(O)CNC(CCO)c1ccccc1. The van der Waals surface area contributed by atoms with E-state index in [-0.39, 0.29) is 31.2 Å². The van der Waals surface area contributed by atoms with Crippen LogP contribution in [0.5, 0.6) is 0 Å². The molecule has 176 valence electrons. The van der Waals surface area contributed by atoms with Gasteiger partial charge in [-0.15, -0.1) is 0 Å². The summed E-state index contributed by atoms with van der Waals surface area (Å²) in [6.45, 7) is 5.14. The molecule has 0 aliphatic rings. The Morgan fingerprint density at radius 2 is 1.72 bits per heavy atom. The number of nitrogens with one attached hydrogen (secondary N) is 2. The highest BCUT2D eigenvalue weighted by atomic mass is 19.1. The molecule has 0 spiro atoms. The number of ether oxygens (including phenoxy) is 1. The normalized spacial score (nSPS) is 14.5. The van der Waals surface area contributed by atoms with Crippen LogP contribution in [0.4, 0.5) is 13.6 Å². The Morgan fingerprint density at radius 3 is 2.28 bits per heavy atom. The number of amides is 1. The summed E-state index contributed by atoms with van der Waals surface area (Å²) in [6, 6.07) is 11.4. The number of hydrogen-bond donors (Lipinski definition) is 4. The van der Waals surface area contributed by atoms with E-state index in [9.17, 15) is 23.8 Å². The highest BCUT2D eigenvalue weighted by molar-refractivity contribution is 5.68. The summed E-state index contributed by atoms with van der Waals surface area (Å²) in [5, 5.41) is 26.0. The molecule has 3 unspecified atom stereocenters. The summed E-state index contributed by atoms with van der Waals surface area (Å²) in [5.41, 5.74) is 0.484. The predicted octanol–water partition coefficient (Wildman–Crippen LogP) is 3.47. The summed E-state index contributed by atoms with van der Waals surface area (Å²) in [6.07, 6.45) is -1.42. The summed E-state index contributed by atoms with van der Waals surface area (Å²) < 4.78 is 32.6. The third-order valence-corrected chi connectivity index (χ3v) is 4.74. The molecule has 2 aromatic rings. The lowest BCUT2D eigenvalue weighted by atomic mass is 9.99. The molecule has 6 nitrogen and oxygen atoms in total. The summed E-state index contributed by atoms with van der Waals surface area (Å²) >= 11 is 0. The van der Waals surface area contributed by atoms with Crippen molar-refractivity contribution in [3.63, 3.8) is 0 Å². The van der Waals surface area contributed by atoms with Crippen LogP contribution in [0.3, 0.4) is 0 Å². The van der Waals surface area contributed by atoms with Gasteiger partial charge >= 0.3 is 6.09 Å². The lowest BCUT2D eigenvalue weighted by Gasteiger charge is -2.28. The number of rotatable bonds is 10. The van der Waals surface area contributed by atoms with Gasteiger partial charge in [0.1, 0.15) is 17.2 Å². The number of hydrogen-bond acceptors (Lipinski definition) is 5. The van der Waals surface area contributed by atoms with Crippen molar-refractivity contribution in [2.45, 2.75) is 57.4 Å². The Bertz CT molecular complexity index is 839. The van der Waals surface area contributed by atoms with Crippen LogP contribution in [0.1, 0.15) is 44.4 Å². The number of carbonyl (C=O) groups excluding carboxylic acids is 1. The number of aliphatic hydroxyl groups is 2. The van der Waals surface area contributed by atoms with Crippen molar-refractivity contribution >= 4 is 6.09 Å². The molecule has 3 atom stereocenters. The number of aliphatic hydroxyl groups excluding tert-OH is 2. The van der Waals surface area contributed by atoms with Crippen molar-refractivity contribution in [1.29, 1.82) is 0 Å². The third-order valence-electron chi connectivity index (χ3n) is 4.74. The monoisotopic (exact) mass is 450 g/mol. The minimum atomic E-state index is -1.10. The Kier molecular flexibility index (Phi) is 9.56. The van der Waals surface area contributed by atoms with E-state index in [0.717, 1.165) is 23.8 Å². The van der Waals surface area contributed by atoms with Gasteiger partial charge in [0, 0.05) is 25.3 Å². The van der Waals surface area contributed by atoms with E-state index in [1.165, 1.54) is 0 Å². The van der Waals surface area contributed by atoms with Crippen LogP contribution < -0.4 is 10.6 Å². The molecule has 0 radical (unpaired) electrons. The lowest BCUT2D eigenvalue weighted by molar-refractivity contribution is 0.0419. The second kappa shape index (κ2) is 11.9. The zero-order valence-corrected chi connectivity index (χ0v) is 18.6. The molecule has 2 aromatic carbocycles. The maximum Gasteiger partial charge on any atom is 0.407 e. The molecule has 0 saturated heterocycles. The van der Waals surface area contributed by atoms with Gasteiger partial charge in [0.2, 0.25) is 0 Å². The van der Waals surface area contributed by atoms with Crippen molar-refractivity contribution < 1.29 is 28.5 Å². The first kappa shape index (κ1) is 25.7. The summed E-state index contributed by atoms with van der Waals surface area (Å²) in [7, 11) is 0. The first-order chi connectivity index (χ1) is 15.1. The van der Waals surface area contributed by atoms with Crippen LogP contribution in [0.15, 0.2) is 48.5 Å². The smallest absolute Gasteiger partial charge is 0.407 e. The molecule has 0 heterocycles. The van der Waals surface area contributed by atoms with E-state index in [1.807, 2.05) is 30.3 Å². The standard InChI is InChI=1S/C24H32F2N2O4/c1-24(2,3)32-23(31)28-21(13-16-11-18(25)14-19(26)12-16)22(30)15-27-20(9-10-29)17-7-5-4-6-8-17/h4-8,11-12,14,20-22,27,29-30H,9-10,13,15H2,1-3H3,(H,28,31). The molecule has 0 saturated carbocycles. The Labute approximate surface area is 187 Å². The number of alkyl carbamates (subject to hydrolysis) is 1. The van der Waals surface area contributed by atoms with Gasteiger partial charge in [0.25, 0.3) is 0 Å². The number of carbonyl (C=O) groups is 1. The summed E-state index contributed by atoms with van der Waals surface area (Å²) in [5.74, 6) is -1.48. The Balaban J connectivity index is 2.14. The first-order valence-corrected chi connectivity index (χ1v) is 10.6. The molecule has 0 aliphatic carbocycles. The van der Waals surface area contributed by atoms with Gasteiger partial charge in [-0.25, -0.2) is 13.6 Å². The molecular weight excluding hydrogens is 418 g/mol. The van der Waals surface area contributed by atoms with Gasteiger partial charge in [0.05, 0.1) is 12.1 Å². The van der Waals surface area contributed by atoms with E-state index in [2.05, 4.69) is 10.6 Å². The van der Waals surface area contributed by atoms with Gasteiger partial charge in [-0.1, -0.05) is 30.3 Å². The molecule has 0 aromatic heterocycles. The predicted molar refractivity (Wildman–Crippen MR) is 118 cm³/mol. The molecule has 32 heavy (non-hydrogen) atoms. The second-order valence-corrected chi connectivity index (χ2v) is 8.69. The minimum absolute atomic E-state index is 0.00717. The minimum Gasteiger partial charge on any atom is -0.444 e. The average molecular weight is 451 g/mol. The highest BCUT2D eigenvalue weighted by Gasteiger charge is 2.26. The van der Waals surface area contributed by atoms with Gasteiger partial charge in [0.15, 0.2) is 0 Å². The number of benzene rings is 2. The van der Waals surface area contributed by atoms with Crippen molar-refractivity contribution in [2.24, 2.45) is 0 Å². The van der Waals surface area contributed by atoms with Crippen LogP contribution in [0.25, 0.3) is 0 Å². The van der Waals surface area contributed by atoms with Gasteiger partial charge < -0.3 is 25.6 Å². The van der Waals surface area contributed by atoms with Gasteiger partial charge in [-0.05, 0) is 56.9 Å². The van der Waals surface area contributed by atoms with Gasteiger partial charge in [-0.3, -0.25) is 0 Å². The Morgan fingerprint density at radius 1 is 1.09 bits per heavy atom. The van der Waals surface area contributed by atoms with Crippen LogP contribution in [0.2, 0.25) is 0 Å². The third kappa shape index (κ3) is 8.90. The summed E-state index contributed by atoms with van der Waals surface area (Å²) in [4.78, 5) is 12.3. The van der Waals surface area contributed by atoms with E-state index < -0.39 is 35.5 Å². The average Bonchev–Trinajstić information content (AvgIpc) is 2.69. The van der Waals surface area contributed by atoms with Crippen molar-refractivity contribution in [3.8, 4) is 0 Å². The molecule has 4 N–H and O–H groups in total. The van der Waals surface area contributed by atoms with Crippen LogP contribution in [-0.2, 0) is 11.2 Å². The Hall–Kier alpha value is -2.55. The van der Waals surface area contributed by atoms with Crippen LogP contribution in [0, 0.1) is 11.6 Å². The number of halogens is 2. The highest BCUT2D eigenvalue weighted by Crippen LogP contribution is 2.17. The van der Waals surface area contributed by atoms with Gasteiger partial charge in [-0.2, -0.15) is 0 Å². The van der Waals surface area contributed by atoms with E-state index in [0.29, 0.717) is 6.42 Å². The van der Waals surface area contributed by atoms with E-state index in [1.54, 1.807) is 20.8 Å². The largest absolute Gasteiger partial charge is 0.444 e. The maximum atomic E-state index is 13.6.